The van der Waals surface area contributed by atoms with Crippen LogP contribution in [0, 0.1) is 0 Å². The topological polar surface area (TPSA) is 73.3 Å². The first-order valence-corrected chi connectivity index (χ1v) is 3.75. The zero-order valence-electron chi connectivity index (χ0n) is 7.39. The Bertz CT molecular complexity index is 372. The lowest BCUT2D eigenvalue weighted by atomic mass is 10.2. The third kappa shape index (κ3) is 2.01. The van der Waals surface area contributed by atoms with Crippen molar-refractivity contribution in [3.05, 3.63) is 30.1 Å². The molecule has 0 bridgehead atoms. The average Bonchev–Trinajstić information content (AvgIpc) is 2.27. The van der Waals surface area contributed by atoms with E-state index in [0.29, 0.717) is 0 Å². The van der Waals surface area contributed by atoms with Gasteiger partial charge in [0.15, 0.2) is 0 Å². The summed E-state index contributed by atoms with van der Waals surface area (Å²) in [6.45, 7) is 0. The molecule has 0 aromatic carbocycles. The molecule has 0 unspecified atom stereocenters. The number of Topliss-reactive ketones (excluding diaryl/α,β-unsaturated/α-hetero) is 2. The molecule has 0 saturated carbocycles. The van der Waals surface area contributed by atoms with Gasteiger partial charge in [0.25, 0.3) is 5.78 Å². The van der Waals surface area contributed by atoms with Crippen LogP contribution < -0.4 is 0 Å². The molecule has 1 heterocycles. The van der Waals surface area contributed by atoms with Gasteiger partial charge in [-0.15, -0.1) is 0 Å². The average molecular weight is 193 g/mol. The molecule has 0 aliphatic heterocycles. The van der Waals surface area contributed by atoms with Crippen LogP contribution in [0.1, 0.15) is 10.5 Å². The standard InChI is InChI=1S/C9H7NO4/c1-14-9(13)8(12)7(11)6-4-2-3-5-10-6/h2-5H,1H3. The fourth-order valence-corrected chi connectivity index (χ4v) is 0.799. The number of methoxy groups -OCH3 is 1. The van der Waals surface area contributed by atoms with Gasteiger partial charge >= 0.3 is 11.8 Å². The molecule has 5 heteroatoms. The highest BCUT2D eigenvalue weighted by Crippen LogP contribution is 1.97. The van der Waals surface area contributed by atoms with E-state index in [1.54, 1.807) is 12.1 Å². The number of ether oxygens (including phenoxy) is 1. The molecule has 1 aromatic rings. The number of esters is 1. The van der Waals surface area contributed by atoms with Gasteiger partial charge < -0.3 is 4.74 Å². The minimum absolute atomic E-state index is 0.0668. The Balaban J connectivity index is 2.87. The molecule has 0 atom stereocenters. The second kappa shape index (κ2) is 4.27. The van der Waals surface area contributed by atoms with Crippen molar-refractivity contribution in [3.63, 3.8) is 0 Å². The van der Waals surface area contributed by atoms with Gasteiger partial charge in [0, 0.05) is 6.20 Å². The highest BCUT2D eigenvalue weighted by molar-refractivity contribution is 6.65. The van der Waals surface area contributed by atoms with Crippen molar-refractivity contribution in [2.45, 2.75) is 0 Å². The van der Waals surface area contributed by atoms with E-state index in [1.807, 2.05) is 0 Å². The fourth-order valence-electron chi connectivity index (χ4n) is 0.799. The molecule has 14 heavy (non-hydrogen) atoms. The van der Waals surface area contributed by atoms with Crippen LogP contribution in [-0.2, 0) is 14.3 Å². The molecular weight excluding hydrogens is 186 g/mol. The second-order valence-electron chi connectivity index (χ2n) is 2.36. The van der Waals surface area contributed by atoms with Gasteiger partial charge in [0.05, 0.1) is 7.11 Å². The fraction of sp³-hybridized carbons (Fsp3) is 0.111. The summed E-state index contributed by atoms with van der Waals surface area (Å²) in [4.78, 5) is 36.6. The maximum Gasteiger partial charge on any atom is 0.383 e. The quantitative estimate of drug-likeness (QED) is 0.292. The van der Waals surface area contributed by atoms with Crippen LogP contribution in [-0.4, -0.2) is 29.6 Å². The summed E-state index contributed by atoms with van der Waals surface area (Å²) in [6, 6.07) is 4.49. The summed E-state index contributed by atoms with van der Waals surface area (Å²) in [5.41, 5.74) is -0.0668. The number of aromatic nitrogens is 1. The number of carbonyl (C=O) groups excluding carboxylic acids is 3. The normalized spacial score (nSPS) is 9.21. The molecule has 0 N–H and O–H groups in total. The summed E-state index contributed by atoms with van der Waals surface area (Å²) in [5.74, 6) is -3.36. The van der Waals surface area contributed by atoms with E-state index in [1.165, 1.54) is 12.3 Å². The number of ketones is 2. The lowest BCUT2D eigenvalue weighted by Crippen LogP contribution is -2.25. The van der Waals surface area contributed by atoms with Crippen LogP contribution >= 0.6 is 0 Å². The summed E-state index contributed by atoms with van der Waals surface area (Å²) >= 11 is 0. The number of nitrogens with zero attached hydrogens (tertiary/aromatic N) is 1. The Hall–Kier alpha value is -2.04. The van der Waals surface area contributed by atoms with E-state index in [4.69, 9.17) is 0 Å². The highest BCUT2D eigenvalue weighted by Gasteiger charge is 2.25. The minimum Gasteiger partial charge on any atom is -0.463 e. The second-order valence-corrected chi connectivity index (χ2v) is 2.36. The van der Waals surface area contributed by atoms with Gasteiger partial charge in [-0.1, -0.05) is 6.07 Å². The summed E-state index contributed by atoms with van der Waals surface area (Å²) in [7, 11) is 1.03. The van der Waals surface area contributed by atoms with E-state index < -0.39 is 17.5 Å². The molecule has 5 nitrogen and oxygen atoms in total. The van der Waals surface area contributed by atoms with Crippen molar-refractivity contribution in [1.82, 2.24) is 4.98 Å². The van der Waals surface area contributed by atoms with E-state index in [-0.39, 0.29) is 5.69 Å². The monoisotopic (exact) mass is 193 g/mol. The number of carbonyl (C=O) groups is 3. The van der Waals surface area contributed by atoms with E-state index >= 15 is 0 Å². The predicted octanol–water partition coefficient (Wildman–Crippen LogP) is 0.00640. The van der Waals surface area contributed by atoms with Gasteiger partial charge in [-0.2, -0.15) is 0 Å². The lowest BCUT2D eigenvalue weighted by molar-refractivity contribution is -0.149. The number of pyridine rings is 1. The third-order valence-electron chi connectivity index (χ3n) is 1.47. The van der Waals surface area contributed by atoms with Crippen LogP contribution in [0.3, 0.4) is 0 Å². The minimum atomic E-state index is -1.22. The largest absolute Gasteiger partial charge is 0.463 e. The third-order valence-corrected chi connectivity index (χ3v) is 1.47. The zero-order valence-corrected chi connectivity index (χ0v) is 7.39. The number of hydrogen-bond acceptors (Lipinski definition) is 5. The van der Waals surface area contributed by atoms with Crippen LogP contribution in [0.4, 0.5) is 0 Å². The van der Waals surface area contributed by atoms with E-state index in [2.05, 4.69) is 9.72 Å². The molecule has 0 amide bonds. The van der Waals surface area contributed by atoms with Gasteiger partial charge in [-0.05, 0) is 12.1 Å². The summed E-state index contributed by atoms with van der Waals surface area (Å²) in [5, 5.41) is 0. The molecule has 0 saturated heterocycles. The molecular formula is C9H7NO4. The Morgan fingerprint density at radius 3 is 2.50 bits per heavy atom. The van der Waals surface area contributed by atoms with Crippen LogP contribution in [0.2, 0.25) is 0 Å². The SMILES string of the molecule is COC(=O)C(=O)C(=O)c1ccccn1. The maximum absolute atomic E-state index is 11.2. The first-order chi connectivity index (χ1) is 6.66. The van der Waals surface area contributed by atoms with E-state index in [9.17, 15) is 14.4 Å². The van der Waals surface area contributed by atoms with Crippen molar-refractivity contribution < 1.29 is 19.1 Å². The molecule has 0 aliphatic rings. The first kappa shape index (κ1) is 10.0. The van der Waals surface area contributed by atoms with Crippen molar-refractivity contribution in [2.75, 3.05) is 7.11 Å². The number of hydrogen-bond donors (Lipinski definition) is 0. The van der Waals surface area contributed by atoms with Gasteiger partial charge in [-0.3, -0.25) is 14.6 Å². The van der Waals surface area contributed by atoms with Gasteiger partial charge in [0.1, 0.15) is 5.69 Å². The smallest absolute Gasteiger partial charge is 0.383 e. The van der Waals surface area contributed by atoms with Crippen molar-refractivity contribution in [3.8, 4) is 0 Å². The summed E-state index contributed by atoms with van der Waals surface area (Å²) < 4.78 is 4.12. The summed E-state index contributed by atoms with van der Waals surface area (Å²) in [6.07, 6.45) is 1.36. The van der Waals surface area contributed by atoms with Crippen molar-refractivity contribution >= 4 is 17.5 Å². The highest BCUT2D eigenvalue weighted by atomic mass is 16.5. The molecule has 1 rings (SSSR count). The number of rotatable bonds is 3. The molecule has 0 fully saturated rings. The zero-order chi connectivity index (χ0) is 10.6. The molecule has 1 aromatic heterocycles. The Morgan fingerprint density at radius 1 is 1.29 bits per heavy atom. The Kier molecular flexibility index (Phi) is 3.06. The van der Waals surface area contributed by atoms with Gasteiger partial charge in [-0.25, -0.2) is 4.79 Å². The predicted molar refractivity (Wildman–Crippen MR) is 45.6 cm³/mol. The maximum atomic E-state index is 11.2. The molecule has 72 valence electrons. The van der Waals surface area contributed by atoms with Crippen molar-refractivity contribution in [2.24, 2.45) is 0 Å². The molecule has 0 spiro atoms. The van der Waals surface area contributed by atoms with Crippen LogP contribution in [0.5, 0.6) is 0 Å². The Labute approximate surface area is 79.7 Å². The Morgan fingerprint density at radius 2 is 2.00 bits per heavy atom. The van der Waals surface area contributed by atoms with Gasteiger partial charge in [0.2, 0.25) is 0 Å². The van der Waals surface area contributed by atoms with Crippen LogP contribution in [0.25, 0.3) is 0 Å². The van der Waals surface area contributed by atoms with Crippen molar-refractivity contribution in [1.29, 1.82) is 0 Å². The van der Waals surface area contributed by atoms with Crippen LogP contribution in [0.15, 0.2) is 24.4 Å². The molecule has 0 aliphatic carbocycles. The lowest BCUT2D eigenvalue weighted by Gasteiger charge is -1.96. The van der Waals surface area contributed by atoms with E-state index in [0.717, 1.165) is 7.11 Å². The molecule has 0 radical (unpaired) electrons. The first-order valence-electron chi connectivity index (χ1n) is 3.75.